The van der Waals surface area contributed by atoms with Crippen molar-refractivity contribution in [1.82, 2.24) is 0 Å². The van der Waals surface area contributed by atoms with E-state index in [4.69, 9.17) is 9.47 Å². The highest BCUT2D eigenvalue weighted by Gasteiger charge is 2.20. The minimum Gasteiger partial charge on any atom is -0.431 e. The van der Waals surface area contributed by atoms with Gasteiger partial charge < -0.3 is 9.47 Å². The molecule has 2 rings (SSSR count). The van der Waals surface area contributed by atoms with Gasteiger partial charge in [0.05, 0.1) is 0 Å². The van der Waals surface area contributed by atoms with Gasteiger partial charge in [0.25, 0.3) is 0 Å². The standard InChI is InChI=1S/C13H14O4/c14-9-10-5-7-12(8-6-10)17-13(15)16-11-3-1-2-4-11/h5-9,11H,1-4H2. The Balaban J connectivity index is 1.86. The molecule has 0 bridgehead atoms. The number of benzene rings is 1. The number of hydrogen-bond donors (Lipinski definition) is 0. The molecule has 0 saturated heterocycles. The van der Waals surface area contributed by atoms with Crippen LogP contribution in [0, 0.1) is 0 Å². The molecule has 1 aromatic rings. The van der Waals surface area contributed by atoms with Crippen LogP contribution in [0.5, 0.6) is 5.75 Å². The van der Waals surface area contributed by atoms with Gasteiger partial charge in [0, 0.05) is 5.56 Å². The highest BCUT2D eigenvalue weighted by atomic mass is 16.7. The molecule has 0 heterocycles. The molecule has 0 spiro atoms. The third-order valence-electron chi connectivity index (χ3n) is 2.78. The first kappa shape index (κ1) is 11.6. The molecule has 1 aromatic carbocycles. The topological polar surface area (TPSA) is 52.6 Å². The van der Waals surface area contributed by atoms with Gasteiger partial charge in [-0.25, -0.2) is 4.79 Å². The Morgan fingerprint density at radius 1 is 1.18 bits per heavy atom. The van der Waals surface area contributed by atoms with Crippen LogP contribution in [0.25, 0.3) is 0 Å². The van der Waals surface area contributed by atoms with Gasteiger partial charge in [0.15, 0.2) is 0 Å². The third kappa shape index (κ3) is 3.31. The molecular formula is C13H14O4. The molecule has 0 radical (unpaired) electrons. The lowest BCUT2D eigenvalue weighted by Gasteiger charge is -2.10. The van der Waals surface area contributed by atoms with Crippen molar-refractivity contribution in [3.05, 3.63) is 29.8 Å². The summed E-state index contributed by atoms with van der Waals surface area (Å²) >= 11 is 0. The number of rotatable bonds is 3. The molecule has 90 valence electrons. The Bertz CT molecular complexity index is 390. The van der Waals surface area contributed by atoms with Crippen LogP contribution in [-0.2, 0) is 4.74 Å². The number of aldehydes is 1. The maximum atomic E-state index is 11.4. The Kier molecular flexibility index (Phi) is 3.75. The van der Waals surface area contributed by atoms with Crippen molar-refractivity contribution < 1.29 is 19.1 Å². The van der Waals surface area contributed by atoms with Crippen LogP contribution < -0.4 is 4.74 Å². The molecule has 0 aliphatic heterocycles. The highest BCUT2D eigenvalue weighted by Crippen LogP contribution is 2.22. The fourth-order valence-electron chi connectivity index (χ4n) is 1.88. The summed E-state index contributed by atoms with van der Waals surface area (Å²) in [5.41, 5.74) is 0.543. The van der Waals surface area contributed by atoms with Crippen LogP contribution in [0.4, 0.5) is 4.79 Å². The quantitative estimate of drug-likeness (QED) is 0.458. The second kappa shape index (κ2) is 5.48. The van der Waals surface area contributed by atoms with Gasteiger partial charge >= 0.3 is 6.16 Å². The van der Waals surface area contributed by atoms with Gasteiger partial charge in [0.2, 0.25) is 0 Å². The smallest absolute Gasteiger partial charge is 0.431 e. The van der Waals surface area contributed by atoms with E-state index in [2.05, 4.69) is 0 Å². The molecule has 1 saturated carbocycles. The van der Waals surface area contributed by atoms with E-state index in [1.165, 1.54) is 0 Å². The van der Waals surface area contributed by atoms with Gasteiger partial charge in [-0.05, 0) is 49.9 Å². The van der Waals surface area contributed by atoms with Gasteiger partial charge in [-0.1, -0.05) is 0 Å². The number of ether oxygens (including phenoxy) is 2. The SMILES string of the molecule is O=Cc1ccc(OC(=O)OC2CCCC2)cc1. The van der Waals surface area contributed by atoms with Crippen molar-refractivity contribution >= 4 is 12.4 Å². The zero-order valence-electron chi connectivity index (χ0n) is 9.43. The predicted molar refractivity (Wildman–Crippen MR) is 61.2 cm³/mol. The maximum Gasteiger partial charge on any atom is 0.514 e. The van der Waals surface area contributed by atoms with Gasteiger partial charge in [-0.2, -0.15) is 0 Å². The van der Waals surface area contributed by atoms with E-state index in [9.17, 15) is 9.59 Å². The average Bonchev–Trinajstić information content (AvgIpc) is 2.82. The van der Waals surface area contributed by atoms with Crippen molar-refractivity contribution in [2.45, 2.75) is 31.8 Å². The molecule has 0 unspecified atom stereocenters. The number of carbonyl (C=O) groups is 2. The Morgan fingerprint density at radius 3 is 2.41 bits per heavy atom. The van der Waals surface area contributed by atoms with Gasteiger partial charge in [0.1, 0.15) is 18.1 Å². The Hall–Kier alpha value is -1.84. The zero-order valence-corrected chi connectivity index (χ0v) is 9.43. The van der Waals surface area contributed by atoms with E-state index in [-0.39, 0.29) is 6.10 Å². The molecular weight excluding hydrogens is 220 g/mol. The normalized spacial score (nSPS) is 15.5. The summed E-state index contributed by atoms with van der Waals surface area (Å²) in [6.45, 7) is 0. The first-order valence-corrected chi connectivity index (χ1v) is 5.71. The minimum absolute atomic E-state index is 0.00301. The van der Waals surface area contributed by atoms with Gasteiger partial charge in [-0.3, -0.25) is 4.79 Å². The largest absolute Gasteiger partial charge is 0.514 e. The molecule has 4 heteroatoms. The first-order valence-electron chi connectivity index (χ1n) is 5.71. The Labute approximate surface area is 99.5 Å². The van der Waals surface area contributed by atoms with Crippen LogP contribution in [-0.4, -0.2) is 18.5 Å². The molecule has 1 aliphatic rings. The van der Waals surface area contributed by atoms with Crippen molar-refractivity contribution in [2.24, 2.45) is 0 Å². The summed E-state index contributed by atoms with van der Waals surface area (Å²) in [5.74, 6) is 0.388. The molecule has 0 aromatic heterocycles. The summed E-state index contributed by atoms with van der Waals surface area (Å²) in [6.07, 6.45) is 4.10. The summed E-state index contributed by atoms with van der Waals surface area (Å²) in [6, 6.07) is 6.32. The van der Waals surface area contributed by atoms with E-state index < -0.39 is 6.16 Å². The fraction of sp³-hybridized carbons (Fsp3) is 0.385. The average molecular weight is 234 g/mol. The monoisotopic (exact) mass is 234 g/mol. The van der Waals surface area contributed by atoms with Crippen LogP contribution in [0.1, 0.15) is 36.0 Å². The second-order valence-electron chi connectivity index (χ2n) is 4.06. The molecule has 0 N–H and O–H groups in total. The summed E-state index contributed by atoms with van der Waals surface area (Å²) < 4.78 is 10.1. The molecule has 0 amide bonds. The van der Waals surface area contributed by atoms with Crippen LogP contribution >= 0.6 is 0 Å². The maximum absolute atomic E-state index is 11.4. The van der Waals surface area contributed by atoms with E-state index in [0.29, 0.717) is 11.3 Å². The van der Waals surface area contributed by atoms with Crippen LogP contribution in [0.3, 0.4) is 0 Å². The Morgan fingerprint density at radius 2 is 1.82 bits per heavy atom. The van der Waals surface area contributed by atoms with Crippen molar-refractivity contribution in [3.8, 4) is 5.75 Å². The van der Waals surface area contributed by atoms with Crippen molar-refractivity contribution in [1.29, 1.82) is 0 Å². The molecule has 1 aliphatic carbocycles. The number of hydrogen-bond acceptors (Lipinski definition) is 4. The van der Waals surface area contributed by atoms with E-state index in [1.54, 1.807) is 24.3 Å². The van der Waals surface area contributed by atoms with E-state index in [0.717, 1.165) is 32.0 Å². The van der Waals surface area contributed by atoms with Crippen molar-refractivity contribution in [2.75, 3.05) is 0 Å². The zero-order chi connectivity index (χ0) is 12.1. The predicted octanol–water partition coefficient (Wildman–Crippen LogP) is 2.96. The van der Waals surface area contributed by atoms with E-state index in [1.807, 2.05) is 0 Å². The highest BCUT2D eigenvalue weighted by molar-refractivity contribution is 5.75. The lowest BCUT2D eigenvalue weighted by molar-refractivity contribution is 0.0612. The lowest BCUT2D eigenvalue weighted by Crippen LogP contribution is -2.18. The third-order valence-corrected chi connectivity index (χ3v) is 2.78. The van der Waals surface area contributed by atoms with Crippen LogP contribution in [0.2, 0.25) is 0 Å². The number of carbonyl (C=O) groups excluding carboxylic acids is 2. The molecule has 4 nitrogen and oxygen atoms in total. The molecule has 17 heavy (non-hydrogen) atoms. The summed E-state index contributed by atoms with van der Waals surface area (Å²) in [5, 5.41) is 0. The fourth-order valence-corrected chi connectivity index (χ4v) is 1.88. The second-order valence-corrected chi connectivity index (χ2v) is 4.06. The summed E-state index contributed by atoms with van der Waals surface area (Å²) in [7, 11) is 0. The molecule has 1 fully saturated rings. The summed E-state index contributed by atoms with van der Waals surface area (Å²) in [4.78, 5) is 21.8. The van der Waals surface area contributed by atoms with Crippen LogP contribution in [0.15, 0.2) is 24.3 Å². The lowest BCUT2D eigenvalue weighted by atomic mass is 10.2. The minimum atomic E-state index is -0.671. The van der Waals surface area contributed by atoms with Crippen molar-refractivity contribution in [3.63, 3.8) is 0 Å². The van der Waals surface area contributed by atoms with E-state index >= 15 is 0 Å². The van der Waals surface area contributed by atoms with Gasteiger partial charge in [-0.15, -0.1) is 0 Å². The first-order chi connectivity index (χ1) is 8.28. The molecule has 0 atom stereocenters.